The molecule has 2 N–H and O–H groups in total. The van der Waals surface area contributed by atoms with Crippen molar-refractivity contribution in [3.63, 3.8) is 0 Å². The monoisotopic (exact) mass is 418 g/mol. The number of carbonyl (C=O) groups excluding carboxylic acids is 1. The van der Waals surface area contributed by atoms with Crippen LogP contribution in [0.3, 0.4) is 0 Å². The quantitative estimate of drug-likeness (QED) is 0.608. The van der Waals surface area contributed by atoms with Crippen LogP contribution >= 0.6 is 0 Å². The Morgan fingerprint density at radius 2 is 1.90 bits per heavy atom. The predicted octanol–water partition coefficient (Wildman–Crippen LogP) is 3.27. The first-order chi connectivity index (χ1) is 15.2. The normalized spacial score (nSPS) is 14.2. The third-order valence-electron chi connectivity index (χ3n) is 5.29. The molecular formula is C23H26N6O2. The molecule has 1 aliphatic rings. The fourth-order valence-electron chi connectivity index (χ4n) is 3.54. The zero-order valence-electron chi connectivity index (χ0n) is 17.5. The van der Waals surface area contributed by atoms with Gasteiger partial charge in [-0.05, 0) is 49.1 Å². The van der Waals surface area contributed by atoms with E-state index in [1.54, 1.807) is 19.2 Å². The van der Waals surface area contributed by atoms with E-state index in [9.17, 15) is 4.79 Å². The molecule has 8 nitrogen and oxygen atoms in total. The van der Waals surface area contributed by atoms with Gasteiger partial charge in [0.25, 0.3) is 5.91 Å². The maximum absolute atomic E-state index is 11.8. The second-order valence-electron chi connectivity index (χ2n) is 7.45. The van der Waals surface area contributed by atoms with Gasteiger partial charge in [0.2, 0.25) is 11.9 Å². The molecule has 1 aliphatic heterocycles. The lowest BCUT2D eigenvalue weighted by molar-refractivity contribution is 0.0963. The highest BCUT2D eigenvalue weighted by Gasteiger charge is 2.22. The smallest absolute Gasteiger partial charge is 0.251 e. The van der Waals surface area contributed by atoms with Crippen molar-refractivity contribution in [1.29, 1.82) is 0 Å². The molecule has 0 atom stereocenters. The van der Waals surface area contributed by atoms with Gasteiger partial charge < -0.3 is 20.3 Å². The van der Waals surface area contributed by atoms with Gasteiger partial charge in [0.15, 0.2) is 0 Å². The topological polar surface area (TPSA) is 92.3 Å². The summed E-state index contributed by atoms with van der Waals surface area (Å²) in [6, 6.07) is 17.1. The van der Waals surface area contributed by atoms with E-state index in [1.165, 1.54) is 6.33 Å². The van der Waals surface area contributed by atoms with Crippen LogP contribution in [0.25, 0.3) is 0 Å². The molecule has 0 unspecified atom stereocenters. The maximum atomic E-state index is 11.8. The maximum Gasteiger partial charge on any atom is 0.251 e. The fourth-order valence-corrected chi connectivity index (χ4v) is 3.54. The first-order valence-electron chi connectivity index (χ1n) is 10.4. The van der Waals surface area contributed by atoms with Gasteiger partial charge in [-0.15, -0.1) is 0 Å². The highest BCUT2D eigenvalue weighted by molar-refractivity contribution is 5.95. The Kier molecular flexibility index (Phi) is 6.56. The Labute approximate surface area is 181 Å². The van der Waals surface area contributed by atoms with E-state index in [-0.39, 0.29) is 5.91 Å². The summed E-state index contributed by atoms with van der Waals surface area (Å²) in [6.07, 6.45) is 3.56. The SMILES string of the molecule is CNC(=O)c1cccc(Nc2ncnc(N3CCC(COc4ccccc4)CC3)n2)c1. The third-order valence-corrected chi connectivity index (χ3v) is 5.29. The number of para-hydroxylation sites is 1. The number of benzene rings is 2. The minimum Gasteiger partial charge on any atom is -0.493 e. The molecule has 4 rings (SSSR count). The lowest BCUT2D eigenvalue weighted by Gasteiger charge is -2.31. The number of nitrogens with zero attached hydrogens (tertiary/aromatic N) is 4. The molecule has 0 radical (unpaired) electrons. The predicted molar refractivity (Wildman–Crippen MR) is 120 cm³/mol. The summed E-state index contributed by atoms with van der Waals surface area (Å²) in [4.78, 5) is 27.1. The molecule has 1 fully saturated rings. The van der Waals surface area contributed by atoms with Crippen LogP contribution in [-0.4, -0.2) is 47.6 Å². The third kappa shape index (κ3) is 5.48. The van der Waals surface area contributed by atoms with Crippen molar-refractivity contribution in [2.45, 2.75) is 12.8 Å². The Morgan fingerprint density at radius 3 is 2.68 bits per heavy atom. The Morgan fingerprint density at radius 1 is 1.10 bits per heavy atom. The summed E-state index contributed by atoms with van der Waals surface area (Å²) in [5.41, 5.74) is 1.32. The van der Waals surface area contributed by atoms with Crippen molar-refractivity contribution in [1.82, 2.24) is 20.3 Å². The minimum atomic E-state index is -0.140. The summed E-state index contributed by atoms with van der Waals surface area (Å²) in [5, 5.41) is 5.78. The number of carbonyl (C=O) groups is 1. The molecule has 160 valence electrons. The molecule has 0 spiro atoms. The molecular weight excluding hydrogens is 392 g/mol. The number of aromatic nitrogens is 3. The number of anilines is 3. The first kappa shape index (κ1) is 20.6. The molecule has 0 aliphatic carbocycles. The minimum absolute atomic E-state index is 0.140. The van der Waals surface area contributed by atoms with E-state index in [4.69, 9.17) is 4.74 Å². The lowest BCUT2D eigenvalue weighted by Crippen LogP contribution is -2.36. The van der Waals surface area contributed by atoms with Gasteiger partial charge in [-0.25, -0.2) is 9.97 Å². The standard InChI is InChI=1S/C23H26N6O2/c1-24-21(30)18-6-5-7-19(14-18)27-22-25-16-26-23(28-22)29-12-10-17(11-13-29)15-31-20-8-3-2-4-9-20/h2-9,14,16-17H,10-13,15H2,1H3,(H,24,30)(H,25,26,27,28). The van der Waals surface area contributed by atoms with Crippen LogP contribution in [0.4, 0.5) is 17.6 Å². The molecule has 0 saturated carbocycles. The second kappa shape index (κ2) is 9.88. The molecule has 3 aromatic rings. The van der Waals surface area contributed by atoms with E-state index in [0.29, 0.717) is 23.4 Å². The van der Waals surface area contributed by atoms with Crippen molar-refractivity contribution < 1.29 is 9.53 Å². The van der Waals surface area contributed by atoms with Crippen LogP contribution in [0.2, 0.25) is 0 Å². The summed E-state index contributed by atoms with van der Waals surface area (Å²) in [5.74, 6) is 2.40. The number of piperidine rings is 1. The summed E-state index contributed by atoms with van der Waals surface area (Å²) in [7, 11) is 1.61. The molecule has 1 aromatic heterocycles. The largest absolute Gasteiger partial charge is 0.493 e. The van der Waals surface area contributed by atoms with E-state index < -0.39 is 0 Å². The van der Waals surface area contributed by atoms with Crippen LogP contribution in [-0.2, 0) is 0 Å². The van der Waals surface area contributed by atoms with Crippen molar-refractivity contribution >= 4 is 23.5 Å². The number of hydrogen-bond acceptors (Lipinski definition) is 7. The van der Waals surface area contributed by atoms with E-state index in [1.807, 2.05) is 42.5 Å². The zero-order valence-corrected chi connectivity index (χ0v) is 17.5. The Hall–Kier alpha value is -3.68. The molecule has 1 saturated heterocycles. The number of nitrogens with one attached hydrogen (secondary N) is 2. The molecule has 8 heteroatoms. The average molecular weight is 419 g/mol. The van der Waals surface area contributed by atoms with E-state index in [2.05, 4.69) is 30.5 Å². The summed E-state index contributed by atoms with van der Waals surface area (Å²) in [6.45, 7) is 2.47. The highest BCUT2D eigenvalue weighted by atomic mass is 16.5. The number of amides is 1. The zero-order chi connectivity index (χ0) is 21.5. The molecule has 31 heavy (non-hydrogen) atoms. The Bertz CT molecular complexity index is 1010. The molecule has 2 heterocycles. The second-order valence-corrected chi connectivity index (χ2v) is 7.45. The van der Waals surface area contributed by atoms with Crippen molar-refractivity contribution in [2.24, 2.45) is 5.92 Å². The van der Waals surface area contributed by atoms with Crippen LogP contribution in [0, 0.1) is 5.92 Å². The first-order valence-corrected chi connectivity index (χ1v) is 10.4. The Balaban J connectivity index is 1.33. The van der Waals surface area contributed by atoms with Gasteiger partial charge >= 0.3 is 0 Å². The highest BCUT2D eigenvalue weighted by Crippen LogP contribution is 2.23. The van der Waals surface area contributed by atoms with E-state index >= 15 is 0 Å². The van der Waals surface area contributed by atoms with Gasteiger partial charge in [-0.3, -0.25) is 4.79 Å². The molecule has 1 amide bonds. The van der Waals surface area contributed by atoms with E-state index in [0.717, 1.165) is 44.0 Å². The lowest BCUT2D eigenvalue weighted by atomic mass is 9.98. The van der Waals surface area contributed by atoms with Crippen molar-refractivity contribution in [2.75, 3.05) is 37.0 Å². The molecule has 0 bridgehead atoms. The van der Waals surface area contributed by atoms with Gasteiger partial charge in [0.1, 0.15) is 12.1 Å². The summed E-state index contributed by atoms with van der Waals surface area (Å²) < 4.78 is 5.91. The van der Waals surface area contributed by atoms with Crippen LogP contribution < -0.4 is 20.3 Å². The summed E-state index contributed by atoms with van der Waals surface area (Å²) >= 11 is 0. The number of ether oxygens (including phenoxy) is 1. The fraction of sp³-hybridized carbons (Fsp3) is 0.304. The van der Waals surface area contributed by atoms with Crippen LogP contribution in [0.1, 0.15) is 23.2 Å². The van der Waals surface area contributed by atoms with Gasteiger partial charge in [-0.2, -0.15) is 4.98 Å². The van der Waals surface area contributed by atoms with Gasteiger partial charge in [-0.1, -0.05) is 24.3 Å². The van der Waals surface area contributed by atoms with Gasteiger partial charge in [0.05, 0.1) is 6.61 Å². The van der Waals surface area contributed by atoms with Crippen molar-refractivity contribution in [3.05, 3.63) is 66.5 Å². The molecule has 2 aromatic carbocycles. The average Bonchev–Trinajstić information content (AvgIpc) is 2.83. The van der Waals surface area contributed by atoms with Gasteiger partial charge in [0, 0.05) is 31.4 Å². The van der Waals surface area contributed by atoms with Crippen molar-refractivity contribution in [3.8, 4) is 5.75 Å². The number of hydrogen-bond donors (Lipinski definition) is 2. The van der Waals surface area contributed by atoms with Crippen LogP contribution in [0.5, 0.6) is 5.75 Å². The number of rotatable bonds is 7. The van der Waals surface area contributed by atoms with Crippen LogP contribution in [0.15, 0.2) is 60.9 Å².